The molecule has 0 heterocycles. The Morgan fingerprint density at radius 1 is 0.286 bits per heavy atom. The number of hydrogen-bond donors (Lipinski definition) is 2. The third-order valence-corrected chi connectivity index (χ3v) is 7.60. The summed E-state index contributed by atoms with van der Waals surface area (Å²) in [7, 11) is 0. The quantitative estimate of drug-likeness (QED) is 0.161. The fourth-order valence-electron chi connectivity index (χ4n) is 5.64. The summed E-state index contributed by atoms with van der Waals surface area (Å²) < 4.78 is 0. The SMILES string of the molecule is Oc1c2ccc(N(c3ccccc3)c3ccccc3)cc2c(O)c2ccc(N(c3ccccc3)c3ccccc3)cc12. The maximum atomic E-state index is 11.6. The van der Waals surface area contributed by atoms with Crippen molar-refractivity contribution >= 4 is 55.7 Å². The van der Waals surface area contributed by atoms with Gasteiger partial charge in [0.2, 0.25) is 0 Å². The fourth-order valence-corrected chi connectivity index (χ4v) is 5.64. The first kappa shape index (κ1) is 25.2. The van der Waals surface area contributed by atoms with Crippen LogP contribution in [0.2, 0.25) is 0 Å². The molecule has 7 aromatic carbocycles. The van der Waals surface area contributed by atoms with Gasteiger partial charge in [-0.1, -0.05) is 72.8 Å². The molecule has 0 aliphatic rings. The highest BCUT2D eigenvalue weighted by atomic mass is 16.3. The normalized spacial score (nSPS) is 11.0. The van der Waals surface area contributed by atoms with E-state index in [-0.39, 0.29) is 11.5 Å². The Morgan fingerprint density at radius 3 is 0.857 bits per heavy atom. The van der Waals surface area contributed by atoms with Gasteiger partial charge in [-0.05, 0) is 84.9 Å². The molecule has 0 radical (unpaired) electrons. The Hall–Kier alpha value is -5.74. The molecular weight excluding hydrogens is 516 g/mol. The lowest BCUT2D eigenvalue weighted by Gasteiger charge is -2.26. The van der Waals surface area contributed by atoms with E-state index in [9.17, 15) is 10.2 Å². The number of phenolic OH excluding ortho intramolecular Hbond substituents is 2. The third kappa shape index (κ3) is 4.45. The number of hydrogen-bond acceptors (Lipinski definition) is 4. The van der Waals surface area contributed by atoms with Crippen molar-refractivity contribution in [2.24, 2.45) is 0 Å². The van der Waals surface area contributed by atoms with Crippen LogP contribution < -0.4 is 9.80 Å². The van der Waals surface area contributed by atoms with Crippen molar-refractivity contribution in [3.05, 3.63) is 158 Å². The lowest BCUT2D eigenvalue weighted by atomic mass is 9.98. The van der Waals surface area contributed by atoms with Gasteiger partial charge in [-0.2, -0.15) is 0 Å². The summed E-state index contributed by atoms with van der Waals surface area (Å²) in [5, 5.41) is 25.6. The van der Waals surface area contributed by atoms with Crippen molar-refractivity contribution in [1.29, 1.82) is 0 Å². The van der Waals surface area contributed by atoms with Crippen LogP contribution in [0.15, 0.2) is 158 Å². The van der Waals surface area contributed by atoms with Crippen LogP contribution in [0.4, 0.5) is 34.1 Å². The Bertz CT molecular complexity index is 1770. The van der Waals surface area contributed by atoms with Crippen molar-refractivity contribution in [3.8, 4) is 11.5 Å². The predicted octanol–water partition coefficient (Wildman–Crippen LogP) is 10.3. The second-order valence-corrected chi connectivity index (χ2v) is 10.2. The zero-order chi connectivity index (χ0) is 28.5. The van der Waals surface area contributed by atoms with E-state index in [0.717, 1.165) is 34.1 Å². The largest absolute Gasteiger partial charge is 0.507 e. The highest BCUT2D eigenvalue weighted by Gasteiger charge is 2.19. The highest BCUT2D eigenvalue weighted by Crippen LogP contribution is 2.46. The molecule has 7 rings (SSSR count). The number of anilines is 6. The zero-order valence-electron chi connectivity index (χ0n) is 22.8. The topological polar surface area (TPSA) is 46.9 Å². The maximum Gasteiger partial charge on any atom is 0.131 e. The predicted molar refractivity (Wildman–Crippen MR) is 174 cm³/mol. The molecule has 0 aliphatic carbocycles. The molecule has 0 bridgehead atoms. The average molecular weight is 545 g/mol. The second-order valence-electron chi connectivity index (χ2n) is 10.2. The molecule has 2 N–H and O–H groups in total. The molecule has 0 amide bonds. The van der Waals surface area contributed by atoms with E-state index in [1.54, 1.807) is 0 Å². The van der Waals surface area contributed by atoms with Crippen molar-refractivity contribution in [2.75, 3.05) is 9.80 Å². The highest BCUT2D eigenvalue weighted by molar-refractivity contribution is 6.12. The van der Waals surface area contributed by atoms with Gasteiger partial charge in [-0.3, -0.25) is 0 Å². The summed E-state index contributed by atoms with van der Waals surface area (Å²) in [6.07, 6.45) is 0. The lowest BCUT2D eigenvalue weighted by Crippen LogP contribution is -2.10. The number of rotatable bonds is 6. The molecular formula is C38H28N2O2. The van der Waals surface area contributed by atoms with Gasteiger partial charge >= 0.3 is 0 Å². The molecule has 202 valence electrons. The summed E-state index contributed by atoms with van der Waals surface area (Å²) in [6.45, 7) is 0. The molecule has 0 aromatic heterocycles. The number of phenols is 2. The summed E-state index contributed by atoms with van der Waals surface area (Å²) in [4.78, 5) is 4.28. The molecule has 7 aromatic rings. The summed E-state index contributed by atoms with van der Waals surface area (Å²) >= 11 is 0. The molecule has 0 unspecified atom stereocenters. The van der Waals surface area contributed by atoms with E-state index >= 15 is 0 Å². The van der Waals surface area contributed by atoms with Gasteiger partial charge in [0.1, 0.15) is 11.5 Å². The first-order chi connectivity index (χ1) is 20.7. The van der Waals surface area contributed by atoms with Gasteiger partial charge in [0.05, 0.1) is 0 Å². The molecule has 4 nitrogen and oxygen atoms in total. The van der Waals surface area contributed by atoms with Crippen molar-refractivity contribution < 1.29 is 10.2 Å². The van der Waals surface area contributed by atoms with Gasteiger partial charge in [0.25, 0.3) is 0 Å². The van der Waals surface area contributed by atoms with Crippen molar-refractivity contribution in [1.82, 2.24) is 0 Å². The van der Waals surface area contributed by atoms with E-state index in [4.69, 9.17) is 0 Å². The smallest absolute Gasteiger partial charge is 0.131 e. The Balaban J connectivity index is 1.40. The molecule has 0 saturated carbocycles. The van der Waals surface area contributed by atoms with Crippen LogP contribution in [0.3, 0.4) is 0 Å². The van der Waals surface area contributed by atoms with Crippen LogP contribution in [-0.4, -0.2) is 10.2 Å². The van der Waals surface area contributed by atoms with E-state index in [1.807, 2.05) is 109 Å². The van der Waals surface area contributed by atoms with Crippen LogP contribution in [0.5, 0.6) is 11.5 Å². The molecule has 0 aliphatic heterocycles. The van der Waals surface area contributed by atoms with Crippen molar-refractivity contribution in [2.45, 2.75) is 0 Å². The Kier molecular flexibility index (Phi) is 6.42. The van der Waals surface area contributed by atoms with Crippen LogP contribution >= 0.6 is 0 Å². The van der Waals surface area contributed by atoms with Crippen LogP contribution in [0.1, 0.15) is 0 Å². The van der Waals surface area contributed by atoms with Gasteiger partial charge < -0.3 is 20.0 Å². The fraction of sp³-hybridized carbons (Fsp3) is 0. The first-order valence-corrected chi connectivity index (χ1v) is 13.9. The van der Waals surface area contributed by atoms with Gasteiger partial charge in [0.15, 0.2) is 0 Å². The summed E-state index contributed by atoms with van der Waals surface area (Å²) in [5.74, 6) is 0.275. The molecule has 4 heteroatoms. The van der Waals surface area contributed by atoms with Gasteiger partial charge in [-0.25, -0.2) is 0 Å². The number of aromatic hydroxyl groups is 2. The van der Waals surface area contributed by atoms with Gasteiger partial charge in [-0.15, -0.1) is 0 Å². The Morgan fingerprint density at radius 2 is 0.571 bits per heavy atom. The van der Waals surface area contributed by atoms with Crippen molar-refractivity contribution in [3.63, 3.8) is 0 Å². The number of fused-ring (bicyclic) bond motifs is 2. The standard InChI is InChI=1S/C38H28N2O2/c41-37-34-24-22-32(40(29-17-9-3-10-18-29)30-19-11-4-12-20-30)26-36(34)38(42)33-23-21-31(25-35(33)37)39(27-13-5-1-6-14-27)28-15-7-2-8-16-28/h1-26,41-42H. The second kappa shape index (κ2) is 10.7. The molecule has 0 atom stereocenters. The number of nitrogens with zero attached hydrogens (tertiary/aromatic N) is 2. The zero-order valence-corrected chi connectivity index (χ0v) is 22.8. The molecule has 0 saturated heterocycles. The van der Waals surface area contributed by atoms with E-state index in [2.05, 4.69) is 58.3 Å². The van der Waals surface area contributed by atoms with Crippen LogP contribution in [-0.2, 0) is 0 Å². The summed E-state index contributed by atoms with van der Waals surface area (Å²) in [5.41, 5.74) is 5.76. The minimum absolute atomic E-state index is 0.137. The van der Waals surface area contributed by atoms with E-state index in [0.29, 0.717) is 21.5 Å². The molecule has 0 fully saturated rings. The minimum Gasteiger partial charge on any atom is -0.507 e. The van der Waals surface area contributed by atoms with Gasteiger partial charge in [0, 0.05) is 55.7 Å². The Labute approximate surface area is 244 Å². The van der Waals surface area contributed by atoms with E-state index < -0.39 is 0 Å². The molecule has 42 heavy (non-hydrogen) atoms. The van der Waals surface area contributed by atoms with E-state index in [1.165, 1.54) is 0 Å². The lowest BCUT2D eigenvalue weighted by molar-refractivity contribution is 0.478. The number of benzene rings is 7. The maximum absolute atomic E-state index is 11.6. The first-order valence-electron chi connectivity index (χ1n) is 13.9. The van der Waals surface area contributed by atoms with Crippen LogP contribution in [0.25, 0.3) is 21.5 Å². The monoisotopic (exact) mass is 544 g/mol. The summed E-state index contributed by atoms with van der Waals surface area (Å²) in [6, 6.07) is 52.1. The average Bonchev–Trinajstić information content (AvgIpc) is 3.06. The number of para-hydroxylation sites is 4. The third-order valence-electron chi connectivity index (χ3n) is 7.60. The molecule has 0 spiro atoms. The van der Waals surface area contributed by atoms with Crippen LogP contribution in [0, 0.1) is 0 Å². The minimum atomic E-state index is 0.137.